The molecule has 2 rings (SSSR count). The van der Waals surface area contributed by atoms with Crippen LogP contribution in [0.4, 0.5) is 4.79 Å². The molecule has 0 saturated carbocycles. The summed E-state index contributed by atoms with van der Waals surface area (Å²) in [6.07, 6.45) is 0.483. The summed E-state index contributed by atoms with van der Waals surface area (Å²) in [6, 6.07) is 8.95. The lowest BCUT2D eigenvalue weighted by atomic mass is 10.1. The lowest BCUT2D eigenvalue weighted by molar-refractivity contribution is 0.170. The van der Waals surface area contributed by atoms with E-state index in [0.717, 1.165) is 5.56 Å². The molecular formula is C16H22N4O3. The molecule has 0 spiro atoms. The van der Waals surface area contributed by atoms with Crippen LogP contribution < -0.4 is 10.6 Å². The van der Waals surface area contributed by atoms with Gasteiger partial charge in [-0.15, -0.1) is 0 Å². The van der Waals surface area contributed by atoms with Gasteiger partial charge in [0.25, 0.3) is 0 Å². The van der Waals surface area contributed by atoms with Gasteiger partial charge in [-0.25, -0.2) is 4.79 Å². The van der Waals surface area contributed by atoms with Crippen LogP contribution in [0, 0.1) is 6.92 Å². The number of aliphatic hydroxyl groups excluding tert-OH is 1. The van der Waals surface area contributed by atoms with Gasteiger partial charge < -0.3 is 20.3 Å². The van der Waals surface area contributed by atoms with Gasteiger partial charge in [0.2, 0.25) is 5.89 Å². The van der Waals surface area contributed by atoms with Crippen LogP contribution in [-0.2, 0) is 6.42 Å². The summed E-state index contributed by atoms with van der Waals surface area (Å²) in [5, 5.41) is 19.2. The normalized spacial score (nSPS) is 13.3. The Labute approximate surface area is 135 Å². The number of hydrogen-bond donors (Lipinski definition) is 3. The van der Waals surface area contributed by atoms with Gasteiger partial charge in [0, 0.05) is 19.9 Å². The Morgan fingerprint density at radius 1 is 1.35 bits per heavy atom. The van der Waals surface area contributed by atoms with Crippen LogP contribution in [0.1, 0.15) is 36.7 Å². The van der Waals surface area contributed by atoms with Crippen molar-refractivity contribution < 1.29 is 14.4 Å². The second-order valence-corrected chi connectivity index (χ2v) is 5.33. The highest BCUT2D eigenvalue weighted by Gasteiger charge is 2.18. The zero-order valence-corrected chi connectivity index (χ0v) is 13.3. The average molecular weight is 318 g/mol. The van der Waals surface area contributed by atoms with Crippen LogP contribution in [0.3, 0.4) is 0 Å². The molecule has 0 aliphatic heterocycles. The molecule has 1 aromatic heterocycles. The van der Waals surface area contributed by atoms with Crippen molar-refractivity contribution in [2.45, 2.75) is 38.8 Å². The number of nitrogens with zero attached hydrogens (tertiary/aromatic N) is 2. The first kappa shape index (κ1) is 17.0. The summed E-state index contributed by atoms with van der Waals surface area (Å²) in [6.45, 7) is 3.78. The van der Waals surface area contributed by atoms with Crippen LogP contribution in [0.2, 0.25) is 0 Å². The van der Waals surface area contributed by atoms with E-state index in [1.54, 1.807) is 6.92 Å². The van der Waals surface area contributed by atoms with E-state index < -0.39 is 6.10 Å². The molecule has 23 heavy (non-hydrogen) atoms. The number of aromatic nitrogens is 2. The third-order valence-corrected chi connectivity index (χ3v) is 3.38. The highest BCUT2D eigenvalue weighted by Crippen LogP contribution is 2.12. The molecule has 0 aliphatic rings. The topological polar surface area (TPSA) is 100 Å². The van der Waals surface area contributed by atoms with Crippen molar-refractivity contribution in [2.75, 3.05) is 6.54 Å². The van der Waals surface area contributed by atoms with Gasteiger partial charge >= 0.3 is 6.03 Å². The zero-order chi connectivity index (χ0) is 16.7. The van der Waals surface area contributed by atoms with Crippen LogP contribution >= 0.6 is 0 Å². The van der Waals surface area contributed by atoms with E-state index >= 15 is 0 Å². The first-order valence-electron chi connectivity index (χ1n) is 7.65. The highest BCUT2D eigenvalue weighted by atomic mass is 16.5. The lowest BCUT2D eigenvalue weighted by Gasteiger charge is -2.16. The van der Waals surface area contributed by atoms with Crippen LogP contribution in [0.15, 0.2) is 34.9 Å². The molecule has 7 nitrogen and oxygen atoms in total. The lowest BCUT2D eigenvalue weighted by Crippen LogP contribution is -2.42. The Hall–Kier alpha value is -2.41. The predicted molar refractivity (Wildman–Crippen MR) is 84.8 cm³/mol. The number of urea groups is 1. The maximum atomic E-state index is 11.9. The van der Waals surface area contributed by atoms with Gasteiger partial charge in [-0.3, -0.25) is 0 Å². The minimum atomic E-state index is -0.643. The molecule has 0 fully saturated rings. The van der Waals surface area contributed by atoms with Gasteiger partial charge in [0.1, 0.15) is 0 Å². The minimum Gasteiger partial charge on any atom is -0.391 e. The summed E-state index contributed by atoms with van der Waals surface area (Å²) >= 11 is 0. The molecule has 0 radical (unpaired) electrons. The summed E-state index contributed by atoms with van der Waals surface area (Å²) < 4.78 is 4.92. The van der Waals surface area contributed by atoms with Crippen molar-refractivity contribution in [1.29, 1.82) is 0 Å². The van der Waals surface area contributed by atoms with E-state index in [1.807, 2.05) is 37.3 Å². The van der Waals surface area contributed by atoms with E-state index in [1.165, 1.54) is 0 Å². The second-order valence-electron chi connectivity index (χ2n) is 5.33. The number of rotatable bonds is 7. The van der Waals surface area contributed by atoms with E-state index in [-0.39, 0.29) is 18.6 Å². The van der Waals surface area contributed by atoms with Gasteiger partial charge in [0.15, 0.2) is 5.82 Å². The largest absolute Gasteiger partial charge is 0.391 e. The van der Waals surface area contributed by atoms with Crippen molar-refractivity contribution in [3.63, 3.8) is 0 Å². The van der Waals surface area contributed by atoms with Gasteiger partial charge in [-0.1, -0.05) is 42.4 Å². The van der Waals surface area contributed by atoms with Crippen LogP contribution in [0.25, 0.3) is 0 Å². The minimum absolute atomic E-state index is 0.169. The number of hydrogen-bond acceptors (Lipinski definition) is 5. The van der Waals surface area contributed by atoms with Crippen molar-refractivity contribution in [3.05, 3.63) is 47.6 Å². The molecule has 2 atom stereocenters. The number of aryl methyl sites for hydroxylation is 1. The maximum Gasteiger partial charge on any atom is 0.315 e. The fourth-order valence-corrected chi connectivity index (χ4v) is 2.18. The Morgan fingerprint density at radius 2 is 2.09 bits per heavy atom. The van der Waals surface area contributed by atoms with Crippen molar-refractivity contribution in [1.82, 2.24) is 20.8 Å². The van der Waals surface area contributed by atoms with Gasteiger partial charge in [-0.05, 0) is 12.0 Å². The molecule has 7 heteroatoms. The number of amides is 2. The Kier molecular flexibility index (Phi) is 6.10. The predicted octanol–water partition coefficient (Wildman–Crippen LogP) is 1.73. The van der Waals surface area contributed by atoms with E-state index in [2.05, 4.69) is 20.8 Å². The smallest absolute Gasteiger partial charge is 0.315 e. The van der Waals surface area contributed by atoms with Gasteiger partial charge in [0.05, 0.1) is 12.1 Å². The summed E-state index contributed by atoms with van der Waals surface area (Å²) in [5.74, 6) is 0.906. The number of aliphatic hydroxyl groups is 1. The number of carbonyl (C=O) groups is 1. The summed E-state index contributed by atoms with van der Waals surface area (Å²) in [5.41, 5.74) is 1.02. The first-order valence-corrected chi connectivity index (χ1v) is 7.65. The molecule has 2 unspecified atom stereocenters. The maximum absolute atomic E-state index is 11.9. The Bertz CT molecular complexity index is 615. The summed E-state index contributed by atoms with van der Waals surface area (Å²) in [4.78, 5) is 16.0. The van der Waals surface area contributed by atoms with Crippen molar-refractivity contribution in [2.24, 2.45) is 0 Å². The van der Waals surface area contributed by atoms with Gasteiger partial charge in [-0.2, -0.15) is 4.98 Å². The summed E-state index contributed by atoms with van der Waals surface area (Å²) in [7, 11) is 0. The standard InChI is InChI=1S/C16H22N4O3/c1-3-14(15-18-11(2)23-20-15)19-16(22)17-10-13(21)9-12-7-5-4-6-8-12/h4-8,13-14,21H,3,9-10H2,1-2H3,(H2,17,19,22). The zero-order valence-electron chi connectivity index (χ0n) is 13.3. The monoisotopic (exact) mass is 318 g/mol. The van der Waals surface area contributed by atoms with Crippen molar-refractivity contribution >= 4 is 6.03 Å². The second kappa shape index (κ2) is 8.28. The molecular weight excluding hydrogens is 296 g/mol. The van der Waals surface area contributed by atoms with Crippen LogP contribution in [0.5, 0.6) is 0 Å². The highest BCUT2D eigenvalue weighted by molar-refractivity contribution is 5.74. The number of carbonyl (C=O) groups excluding carboxylic acids is 1. The van der Waals surface area contributed by atoms with E-state index in [9.17, 15) is 9.90 Å². The average Bonchev–Trinajstić information content (AvgIpc) is 2.98. The molecule has 0 bridgehead atoms. The van der Waals surface area contributed by atoms with E-state index in [4.69, 9.17) is 4.52 Å². The molecule has 1 aromatic carbocycles. The SMILES string of the molecule is CCC(NC(=O)NCC(O)Cc1ccccc1)c1noc(C)n1. The molecule has 1 heterocycles. The quantitative estimate of drug-likeness (QED) is 0.722. The first-order chi connectivity index (χ1) is 11.1. The fourth-order valence-electron chi connectivity index (χ4n) is 2.18. The third kappa shape index (κ3) is 5.37. The molecule has 2 aromatic rings. The number of nitrogens with one attached hydrogen (secondary N) is 2. The van der Waals surface area contributed by atoms with Crippen molar-refractivity contribution in [3.8, 4) is 0 Å². The van der Waals surface area contributed by atoms with E-state index in [0.29, 0.717) is 24.6 Å². The van der Waals surface area contributed by atoms with Crippen LogP contribution in [-0.4, -0.2) is 33.9 Å². The fraction of sp³-hybridized carbons (Fsp3) is 0.438. The Balaban J connectivity index is 1.77. The molecule has 0 aliphatic carbocycles. The molecule has 3 N–H and O–H groups in total. The Morgan fingerprint density at radius 3 is 2.70 bits per heavy atom. The molecule has 124 valence electrons. The molecule has 2 amide bonds. The molecule has 0 saturated heterocycles. The third-order valence-electron chi connectivity index (χ3n) is 3.38. The number of benzene rings is 1.